The summed E-state index contributed by atoms with van der Waals surface area (Å²) in [6, 6.07) is 14.1. The van der Waals surface area contributed by atoms with Gasteiger partial charge in [0.2, 0.25) is 0 Å². The van der Waals surface area contributed by atoms with Gasteiger partial charge in [0, 0.05) is 30.4 Å². The van der Waals surface area contributed by atoms with E-state index >= 15 is 0 Å². The number of benzene rings is 2. The van der Waals surface area contributed by atoms with Gasteiger partial charge in [-0.15, -0.1) is 0 Å². The summed E-state index contributed by atoms with van der Waals surface area (Å²) in [7, 11) is 0. The van der Waals surface area contributed by atoms with Gasteiger partial charge in [-0.05, 0) is 55.5 Å². The quantitative estimate of drug-likeness (QED) is 0.815. The van der Waals surface area contributed by atoms with Gasteiger partial charge in [-0.25, -0.2) is 4.79 Å². The maximum absolute atomic E-state index is 13.0. The van der Waals surface area contributed by atoms with Crippen LogP contribution in [0.3, 0.4) is 0 Å². The molecule has 5 heteroatoms. The number of rotatable bonds is 4. The first kappa shape index (κ1) is 19.5. The summed E-state index contributed by atoms with van der Waals surface area (Å²) in [5.41, 5.74) is 5.00. The number of aryl methyl sites for hydroxylation is 1. The van der Waals surface area contributed by atoms with Crippen LogP contribution >= 0.6 is 0 Å². The van der Waals surface area contributed by atoms with Crippen LogP contribution in [0.1, 0.15) is 59.2 Å². The number of fused-ring (bicyclic) bond motifs is 1. The second-order valence-electron chi connectivity index (χ2n) is 8.20. The van der Waals surface area contributed by atoms with Gasteiger partial charge in [-0.2, -0.15) is 0 Å². The Hall–Kier alpha value is -2.82. The average molecular weight is 392 g/mol. The summed E-state index contributed by atoms with van der Waals surface area (Å²) in [6.45, 7) is 3.17. The van der Waals surface area contributed by atoms with Gasteiger partial charge in [-0.1, -0.05) is 49.1 Å². The van der Waals surface area contributed by atoms with Crippen molar-refractivity contribution in [2.45, 2.75) is 58.0 Å². The lowest BCUT2D eigenvalue weighted by molar-refractivity contribution is 0.0989. The van der Waals surface area contributed by atoms with Crippen molar-refractivity contribution in [3.8, 4) is 0 Å². The summed E-state index contributed by atoms with van der Waals surface area (Å²) < 4.78 is 0. The highest BCUT2D eigenvalue weighted by molar-refractivity contribution is 6.07. The molecular formula is C24H29N3O2. The van der Waals surface area contributed by atoms with E-state index < -0.39 is 0 Å². The van der Waals surface area contributed by atoms with Gasteiger partial charge >= 0.3 is 6.03 Å². The molecule has 0 radical (unpaired) electrons. The monoisotopic (exact) mass is 391 g/mol. The largest absolute Gasteiger partial charge is 0.335 e. The van der Waals surface area contributed by atoms with E-state index in [1.807, 2.05) is 48.2 Å². The Morgan fingerprint density at radius 2 is 1.79 bits per heavy atom. The molecule has 2 aromatic rings. The Morgan fingerprint density at radius 1 is 1.03 bits per heavy atom. The van der Waals surface area contributed by atoms with Crippen molar-refractivity contribution in [1.82, 2.24) is 10.6 Å². The molecule has 1 saturated carbocycles. The third kappa shape index (κ3) is 4.61. The van der Waals surface area contributed by atoms with Crippen LogP contribution in [0, 0.1) is 6.92 Å². The van der Waals surface area contributed by atoms with Crippen molar-refractivity contribution in [1.29, 1.82) is 0 Å². The van der Waals surface area contributed by atoms with Crippen LogP contribution in [0.5, 0.6) is 0 Å². The van der Waals surface area contributed by atoms with Crippen molar-refractivity contribution in [3.05, 3.63) is 64.7 Å². The number of nitrogens with one attached hydrogen (secondary N) is 2. The van der Waals surface area contributed by atoms with Gasteiger partial charge in [0.25, 0.3) is 5.91 Å². The maximum atomic E-state index is 13.0. The molecule has 0 spiro atoms. The van der Waals surface area contributed by atoms with E-state index in [1.54, 1.807) is 0 Å². The Kier molecular flexibility index (Phi) is 5.84. The molecule has 0 aromatic heterocycles. The van der Waals surface area contributed by atoms with Crippen molar-refractivity contribution in [3.63, 3.8) is 0 Å². The standard InChI is InChI=1S/C24H29N3O2/c1-17-7-10-20(11-8-17)23(28)27-14-13-19-12-9-18(15-22(19)27)16-25-24(29)26-21-5-3-2-4-6-21/h7-12,15,21H,2-6,13-14,16H2,1H3,(H2,25,26,29). The first-order valence-electron chi connectivity index (χ1n) is 10.6. The molecule has 2 aliphatic rings. The van der Waals surface area contributed by atoms with E-state index in [2.05, 4.69) is 16.7 Å². The first-order chi connectivity index (χ1) is 14.1. The fourth-order valence-electron chi connectivity index (χ4n) is 4.26. The van der Waals surface area contributed by atoms with Crippen LogP contribution in [0.2, 0.25) is 0 Å². The summed E-state index contributed by atoms with van der Waals surface area (Å²) >= 11 is 0. The third-order valence-electron chi connectivity index (χ3n) is 5.98. The summed E-state index contributed by atoms with van der Waals surface area (Å²) in [4.78, 5) is 27.0. The van der Waals surface area contributed by atoms with E-state index in [0.29, 0.717) is 24.7 Å². The molecular weight excluding hydrogens is 362 g/mol. The lowest BCUT2D eigenvalue weighted by Crippen LogP contribution is -2.42. The number of anilines is 1. The molecule has 1 heterocycles. The van der Waals surface area contributed by atoms with Gasteiger partial charge < -0.3 is 15.5 Å². The molecule has 2 aromatic carbocycles. The highest BCUT2D eigenvalue weighted by atomic mass is 16.2. The molecule has 0 unspecified atom stereocenters. The lowest BCUT2D eigenvalue weighted by atomic mass is 9.96. The predicted molar refractivity (Wildman–Crippen MR) is 115 cm³/mol. The average Bonchev–Trinajstić information content (AvgIpc) is 3.16. The minimum absolute atomic E-state index is 0.0314. The first-order valence-corrected chi connectivity index (χ1v) is 10.6. The maximum Gasteiger partial charge on any atom is 0.315 e. The van der Waals surface area contributed by atoms with E-state index in [9.17, 15) is 9.59 Å². The third-order valence-corrected chi connectivity index (χ3v) is 5.98. The molecule has 0 saturated heterocycles. The zero-order valence-electron chi connectivity index (χ0n) is 17.0. The zero-order chi connectivity index (χ0) is 20.2. The van der Waals surface area contributed by atoms with Gasteiger partial charge in [0.1, 0.15) is 0 Å². The van der Waals surface area contributed by atoms with Crippen LogP contribution in [0.25, 0.3) is 0 Å². The molecule has 5 nitrogen and oxygen atoms in total. The summed E-state index contributed by atoms with van der Waals surface area (Å²) in [5, 5.41) is 6.05. The molecule has 0 bridgehead atoms. The molecule has 1 aliphatic heterocycles. The molecule has 1 aliphatic carbocycles. The Balaban J connectivity index is 1.40. The number of carbonyl (C=O) groups excluding carboxylic acids is 2. The van der Waals surface area contributed by atoms with Crippen LogP contribution in [0.15, 0.2) is 42.5 Å². The number of carbonyl (C=O) groups is 2. The van der Waals surface area contributed by atoms with Crippen LogP contribution < -0.4 is 15.5 Å². The smallest absolute Gasteiger partial charge is 0.315 e. The Labute approximate surface area is 172 Å². The number of nitrogens with zero attached hydrogens (tertiary/aromatic N) is 1. The molecule has 1 fully saturated rings. The van der Waals surface area contributed by atoms with Crippen molar-refractivity contribution in [2.24, 2.45) is 0 Å². The fraction of sp³-hybridized carbons (Fsp3) is 0.417. The number of amides is 3. The SMILES string of the molecule is Cc1ccc(C(=O)N2CCc3ccc(CNC(=O)NC4CCCCC4)cc32)cc1. The Bertz CT molecular complexity index is 885. The minimum Gasteiger partial charge on any atom is -0.335 e. The van der Waals surface area contributed by atoms with Crippen molar-refractivity contribution in [2.75, 3.05) is 11.4 Å². The fourth-order valence-corrected chi connectivity index (χ4v) is 4.26. The van der Waals surface area contributed by atoms with Crippen LogP contribution in [0.4, 0.5) is 10.5 Å². The van der Waals surface area contributed by atoms with E-state index in [1.165, 1.54) is 24.8 Å². The number of hydrogen-bond donors (Lipinski definition) is 2. The van der Waals surface area contributed by atoms with E-state index in [4.69, 9.17) is 0 Å². The highest BCUT2D eigenvalue weighted by Crippen LogP contribution is 2.30. The predicted octanol–water partition coefficient (Wildman–Crippen LogP) is 4.33. The normalized spacial score (nSPS) is 16.4. The van der Waals surface area contributed by atoms with Gasteiger partial charge in [0.15, 0.2) is 0 Å². The highest BCUT2D eigenvalue weighted by Gasteiger charge is 2.26. The van der Waals surface area contributed by atoms with Crippen molar-refractivity contribution >= 4 is 17.6 Å². The second-order valence-corrected chi connectivity index (χ2v) is 8.20. The van der Waals surface area contributed by atoms with Crippen molar-refractivity contribution < 1.29 is 9.59 Å². The molecule has 152 valence electrons. The Morgan fingerprint density at radius 3 is 2.55 bits per heavy atom. The molecule has 0 atom stereocenters. The van der Waals surface area contributed by atoms with Gasteiger partial charge in [-0.3, -0.25) is 4.79 Å². The molecule has 3 amide bonds. The summed E-state index contributed by atoms with van der Waals surface area (Å²) in [5.74, 6) is 0.0314. The second kappa shape index (κ2) is 8.68. The molecule has 2 N–H and O–H groups in total. The number of hydrogen-bond acceptors (Lipinski definition) is 2. The van der Waals surface area contributed by atoms with Crippen LogP contribution in [-0.4, -0.2) is 24.5 Å². The number of urea groups is 1. The zero-order valence-corrected chi connectivity index (χ0v) is 17.0. The molecule has 29 heavy (non-hydrogen) atoms. The van der Waals surface area contributed by atoms with Crippen LogP contribution in [-0.2, 0) is 13.0 Å². The minimum atomic E-state index is -0.106. The summed E-state index contributed by atoms with van der Waals surface area (Å²) in [6.07, 6.45) is 6.67. The van der Waals surface area contributed by atoms with E-state index in [0.717, 1.165) is 36.1 Å². The van der Waals surface area contributed by atoms with Gasteiger partial charge in [0.05, 0.1) is 0 Å². The van der Waals surface area contributed by atoms with E-state index in [-0.39, 0.29) is 11.9 Å². The topological polar surface area (TPSA) is 61.4 Å². The lowest BCUT2D eigenvalue weighted by Gasteiger charge is -2.23. The molecule has 4 rings (SSSR count).